The van der Waals surface area contributed by atoms with Gasteiger partial charge in [-0.25, -0.2) is 18.2 Å². The van der Waals surface area contributed by atoms with Crippen LogP contribution in [0.15, 0.2) is 59.8 Å². The maximum absolute atomic E-state index is 15.2. The van der Waals surface area contributed by atoms with Gasteiger partial charge in [0.1, 0.15) is 17.5 Å². The summed E-state index contributed by atoms with van der Waals surface area (Å²) in [4.78, 5) is 6.99. The van der Waals surface area contributed by atoms with Crippen LogP contribution in [0.3, 0.4) is 0 Å². The molecule has 0 fully saturated rings. The molecule has 0 radical (unpaired) electrons. The fourth-order valence-corrected chi connectivity index (χ4v) is 6.77. The fourth-order valence-electron chi connectivity index (χ4n) is 5.72. The normalized spacial score (nSPS) is 16.5. The number of hydrogen-bond acceptors (Lipinski definition) is 5. The maximum atomic E-state index is 15.2. The highest BCUT2D eigenvalue weighted by Gasteiger charge is 2.40. The highest BCUT2D eigenvalue weighted by Crippen LogP contribution is 2.47. The van der Waals surface area contributed by atoms with E-state index in [2.05, 4.69) is 6.92 Å². The van der Waals surface area contributed by atoms with Crippen molar-refractivity contribution in [3.05, 3.63) is 100 Å². The third kappa shape index (κ3) is 5.90. The molecule has 1 atom stereocenters. The van der Waals surface area contributed by atoms with Gasteiger partial charge in [0.25, 0.3) is 0 Å². The molecule has 0 spiro atoms. The largest absolute Gasteiger partial charge is 0.493 e. The van der Waals surface area contributed by atoms with Gasteiger partial charge in [0.2, 0.25) is 0 Å². The van der Waals surface area contributed by atoms with Crippen LogP contribution in [-0.2, 0) is 24.0 Å². The Bertz CT molecular complexity index is 1550. The number of aryl methyl sites for hydroxylation is 1. The van der Waals surface area contributed by atoms with E-state index >= 15 is 8.78 Å². The monoisotopic (exact) mass is 595 g/mol. The summed E-state index contributed by atoms with van der Waals surface area (Å²) in [5.41, 5.74) is 3.86. The average molecular weight is 596 g/mol. The standard InChI is InChI=1S/C33H36F3N3O2S/c1-33(22-8-13-29(40-4)30(19-22)41-5)15-6-7-28-31(33)39(24-11-9-23(34)10-12-24)32(37-28)42-20-25-26(35)17-21(18-27(25)36)14-16-38(2)3/h8-13,17-19H,6-7,14-16,20H2,1-5H3. The van der Waals surface area contributed by atoms with Crippen LogP contribution < -0.4 is 9.47 Å². The van der Waals surface area contributed by atoms with Crippen LogP contribution in [0.2, 0.25) is 0 Å². The van der Waals surface area contributed by atoms with E-state index in [1.165, 1.54) is 36.0 Å². The molecule has 5 nitrogen and oxygen atoms in total. The molecule has 42 heavy (non-hydrogen) atoms. The lowest BCUT2D eigenvalue weighted by molar-refractivity contribution is 0.352. The number of hydrogen-bond donors (Lipinski definition) is 0. The van der Waals surface area contributed by atoms with Gasteiger partial charge in [0.15, 0.2) is 16.7 Å². The molecule has 4 aromatic rings. The van der Waals surface area contributed by atoms with Gasteiger partial charge in [0.05, 0.1) is 25.6 Å². The van der Waals surface area contributed by atoms with E-state index in [-0.39, 0.29) is 17.1 Å². The lowest BCUT2D eigenvalue weighted by atomic mass is 9.71. The molecule has 0 saturated heterocycles. The highest BCUT2D eigenvalue weighted by atomic mass is 32.2. The Morgan fingerprint density at radius 1 is 0.952 bits per heavy atom. The van der Waals surface area contributed by atoms with Crippen LogP contribution in [0.1, 0.15) is 47.8 Å². The molecule has 5 rings (SSSR count). The number of methoxy groups -OCH3 is 2. The highest BCUT2D eigenvalue weighted by molar-refractivity contribution is 7.98. The zero-order chi connectivity index (χ0) is 30.0. The first-order valence-electron chi connectivity index (χ1n) is 14.0. The molecule has 9 heteroatoms. The molecule has 0 amide bonds. The Labute approximate surface area is 249 Å². The summed E-state index contributed by atoms with van der Waals surface area (Å²) < 4.78 is 57.4. The molecule has 0 aliphatic heterocycles. The van der Waals surface area contributed by atoms with E-state index in [9.17, 15) is 4.39 Å². The molecule has 3 aromatic carbocycles. The lowest BCUT2D eigenvalue weighted by Crippen LogP contribution is -2.31. The van der Waals surface area contributed by atoms with Gasteiger partial charge in [-0.2, -0.15) is 0 Å². The minimum atomic E-state index is -0.559. The number of halogens is 3. The molecule has 0 saturated carbocycles. The Morgan fingerprint density at radius 3 is 2.29 bits per heavy atom. The van der Waals surface area contributed by atoms with E-state index in [1.54, 1.807) is 26.4 Å². The molecule has 1 aromatic heterocycles. The second kappa shape index (κ2) is 12.4. The second-order valence-corrected chi connectivity index (χ2v) is 12.1. The van der Waals surface area contributed by atoms with Crippen LogP contribution in [0, 0.1) is 17.5 Å². The van der Waals surface area contributed by atoms with Crippen molar-refractivity contribution in [1.82, 2.24) is 14.5 Å². The Kier molecular flexibility index (Phi) is 8.89. The summed E-state index contributed by atoms with van der Waals surface area (Å²) >= 11 is 1.28. The number of imidazole rings is 1. The number of rotatable bonds is 10. The van der Waals surface area contributed by atoms with Crippen molar-refractivity contribution in [2.75, 3.05) is 34.9 Å². The number of ether oxygens (including phenoxy) is 2. The van der Waals surface area contributed by atoms with Crippen molar-refractivity contribution < 1.29 is 22.6 Å². The van der Waals surface area contributed by atoms with Crippen molar-refractivity contribution in [3.8, 4) is 17.2 Å². The summed E-state index contributed by atoms with van der Waals surface area (Å²) in [5, 5.41) is 0.607. The molecule has 222 valence electrons. The number of thioether (sulfide) groups is 1. The van der Waals surface area contributed by atoms with E-state index < -0.39 is 17.0 Å². The van der Waals surface area contributed by atoms with Crippen LogP contribution in [0.4, 0.5) is 13.2 Å². The van der Waals surface area contributed by atoms with Crippen LogP contribution in [0.25, 0.3) is 5.69 Å². The van der Waals surface area contributed by atoms with Crippen molar-refractivity contribution in [1.29, 1.82) is 0 Å². The second-order valence-electron chi connectivity index (χ2n) is 11.1. The summed E-state index contributed by atoms with van der Waals surface area (Å²) in [6.07, 6.45) is 3.10. The average Bonchev–Trinajstić information content (AvgIpc) is 3.35. The Morgan fingerprint density at radius 2 is 1.64 bits per heavy atom. The third-order valence-corrected chi connectivity index (χ3v) is 9.00. The third-order valence-electron chi connectivity index (χ3n) is 8.03. The molecular formula is C33H36F3N3O2S. The summed E-state index contributed by atoms with van der Waals surface area (Å²) in [7, 11) is 7.07. The minimum Gasteiger partial charge on any atom is -0.493 e. The van der Waals surface area contributed by atoms with E-state index in [4.69, 9.17) is 14.5 Å². The predicted octanol–water partition coefficient (Wildman–Crippen LogP) is 7.35. The molecule has 1 aliphatic rings. The predicted molar refractivity (Wildman–Crippen MR) is 161 cm³/mol. The zero-order valence-corrected chi connectivity index (χ0v) is 25.5. The number of benzene rings is 3. The van der Waals surface area contributed by atoms with E-state index in [0.717, 1.165) is 41.9 Å². The number of aromatic nitrogens is 2. The van der Waals surface area contributed by atoms with Crippen molar-refractivity contribution >= 4 is 11.8 Å². The SMILES string of the molecule is COc1ccc(C2(C)CCCc3nc(SCc4c(F)cc(CCN(C)C)cc4F)n(-c4ccc(F)cc4)c32)cc1OC. The first-order valence-corrected chi connectivity index (χ1v) is 15.0. The molecule has 1 unspecified atom stereocenters. The summed E-state index contributed by atoms with van der Waals surface area (Å²) in [5.74, 6) is -0.127. The quantitative estimate of drug-likeness (QED) is 0.179. The summed E-state index contributed by atoms with van der Waals surface area (Å²) in [6.45, 7) is 2.88. The zero-order valence-electron chi connectivity index (χ0n) is 24.6. The van der Waals surface area contributed by atoms with Crippen LogP contribution in [0.5, 0.6) is 11.5 Å². The van der Waals surface area contributed by atoms with Crippen molar-refractivity contribution in [3.63, 3.8) is 0 Å². The number of likely N-dealkylation sites (N-methyl/N-ethyl adjacent to an activating group) is 1. The molecule has 1 aliphatic carbocycles. The Balaban J connectivity index is 1.57. The smallest absolute Gasteiger partial charge is 0.173 e. The van der Waals surface area contributed by atoms with Crippen molar-refractivity contribution in [2.45, 2.75) is 48.9 Å². The molecular weight excluding hydrogens is 559 g/mol. The van der Waals surface area contributed by atoms with Gasteiger partial charge in [-0.3, -0.25) is 4.57 Å². The lowest BCUT2D eigenvalue weighted by Gasteiger charge is -2.36. The van der Waals surface area contributed by atoms with Gasteiger partial charge < -0.3 is 14.4 Å². The topological polar surface area (TPSA) is 39.5 Å². The van der Waals surface area contributed by atoms with Gasteiger partial charge in [-0.1, -0.05) is 17.8 Å². The minimum absolute atomic E-state index is 0.0166. The first-order chi connectivity index (χ1) is 20.1. The Hall–Kier alpha value is -3.43. The molecule has 1 heterocycles. The number of fused-ring (bicyclic) bond motifs is 1. The maximum Gasteiger partial charge on any atom is 0.173 e. The molecule has 0 bridgehead atoms. The van der Waals surface area contributed by atoms with Crippen molar-refractivity contribution in [2.24, 2.45) is 0 Å². The van der Waals surface area contributed by atoms with Crippen LogP contribution >= 0.6 is 11.8 Å². The van der Waals surface area contributed by atoms with E-state index in [1.807, 2.05) is 41.8 Å². The van der Waals surface area contributed by atoms with Gasteiger partial charge in [-0.05, 0) is 106 Å². The number of nitrogens with zero attached hydrogens (tertiary/aromatic N) is 3. The van der Waals surface area contributed by atoms with Gasteiger partial charge in [-0.15, -0.1) is 0 Å². The first kappa shape index (κ1) is 30.0. The fraction of sp³-hybridized carbons (Fsp3) is 0.364. The summed E-state index contributed by atoms with van der Waals surface area (Å²) in [6, 6.07) is 15.0. The van der Waals surface area contributed by atoms with Gasteiger partial charge in [0, 0.05) is 29.0 Å². The van der Waals surface area contributed by atoms with E-state index in [0.29, 0.717) is 35.2 Å². The van der Waals surface area contributed by atoms with Gasteiger partial charge >= 0.3 is 0 Å². The molecule has 0 N–H and O–H groups in total. The van der Waals surface area contributed by atoms with Crippen LogP contribution in [-0.4, -0.2) is 49.3 Å².